The summed E-state index contributed by atoms with van der Waals surface area (Å²) in [4.78, 5) is 21.6. The standard InChI is InChI=1S/C4H6F3.Li.H3O4P/c1-2-3-4(5,6)7;;1-5(2,3)4/h3H,2H2,1H3;;(H3,1,2,3,4)/q-1;+1;. The van der Waals surface area contributed by atoms with Gasteiger partial charge in [0.1, 0.15) is 0 Å². The van der Waals surface area contributed by atoms with Gasteiger partial charge >= 0.3 is 26.7 Å². The molecule has 0 bridgehead atoms. The van der Waals surface area contributed by atoms with E-state index in [0.717, 1.165) is 0 Å². The van der Waals surface area contributed by atoms with Crippen molar-refractivity contribution in [1.29, 1.82) is 0 Å². The molecule has 76 valence electrons. The Morgan fingerprint density at radius 2 is 1.54 bits per heavy atom. The van der Waals surface area contributed by atoms with Crippen molar-refractivity contribution in [2.24, 2.45) is 0 Å². The normalized spacial score (nSPS) is 11.0. The van der Waals surface area contributed by atoms with E-state index < -0.39 is 14.0 Å². The third-order valence-electron chi connectivity index (χ3n) is 0.436. The van der Waals surface area contributed by atoms with Gasteiger partial charge in [-0.1, -0.05) is 6.92 Å². The molecule has 0 saturated heterocycles. The second-order valence-corrected chi connectivity index (χ2v) is 2.69. The first-order valence-electron chi connectivity index (χ1n) is 2.75. The minimum atomic E-state index is -4.64. The van der Waals surface area contributed by atoms with Crippen LogP contribution in [0.5, 0.6) is 0 Å². The van der Waals surface area contributed by atoms with Crippen LogP contribution in [-0.2, 0) is 4.57 Å². The molecule has 4 nitrogen and oxygen atoms in total. The Bertz CT molecular complexity index is 148. The van der Waals surface area contributed by atoms with Gasteiger partial charge in [0.05, 0.1) is 0 Å². The minimum absolute atomic E-state index is 0. The number of halogens is 3. The maximum Gasteiger partial charge on any atom is 1.00 e. The first-order chi connectivity index (χ1) is 5.06. The van der Waals surface area contributed by atoms with Crippen molar-refractivity contribution in [3.63, 3.8) is 0 Å². The molecule has 13 heavy (non-hydrogen) atoms. The average Bonchev–Trinajstić information content (AvgIpc) is 1.54. The number of alkyl halides is 3. The molecule has 0 aliphatic heterocycles. The Morgan fingerprint density at radius 3 is 1.54 bits per heavy atom. The number of rotatable bonds is 1. The maximum atomic E-state index is 11.0. The molecule has 0 spiro atoms. The van der Waals surface area contributed by atoms with E-state index in [1.54, 1.807) is 0 Å². The Morgan fingerprint density at radius 1 is 1.31 bits per heavy atom. The molecule has 0 saturated carbocycles. The van der Waals surface area contributed by atoms with Crippen LogP contribution in [0.2, 0.25) is 0 Å². The fraction of sp³-hybridized carbons (Fsp3) is 0.750. The molecule has 9 heteroatoms. The van der Waals surface area contributed by atoms with E-state index in [1.807, 2.05) is 0 Å². The molecule has 0 heterocycles. The van der Waals surface area contributed by atoms with Gasteiger partial charge in [-0.2, -0.15) is 6.42 Å². The van der Waals surface area contributed by atoms with Gasteiger partial charge in [-0.25, -0.2) is 24.2 Å². The minimum Gasteiger partial charge on any atom is -0.303 e. The van der Waals surface area contributed by atoms with Crippen LogP contribution in [0.15, 0.2) is 0 Å². The summed E-state index contributed by atoms with van der Waals surface area (Å²) in [6.07, 6.45) is -3.70. The van der Waals surface area contributed by atoms with Crippen LogP contribution >= 0.6 is 7.82 Å². The summed E-state index contributed by atoms with van der Waals surface area (Å²) in [5, 5.41) is 0. The van der Waals surface area contributed by atoms with E-state index in [0.29, 0.717) is 6.42 Å². The molecule has 0 fully saturated rings. The van der Waals surface area contributed by atoms with Crippen LogP contribution in [0.3, 0.4) is 0 Å². The van der Waals surface area contributed by atoms with Gasteiger partial charge in [-0.15, -0.1) is 0 Å². The van der Waals surface area contributed by atoms with Crippen molar-refractivity contribution in [3.05, 3.63) is 6.42 Å². The van der Waals surface area contributed by atoms with Crippen molar-refractivity contribution in [3.8, 4) is 0 Å². The molecule has 0 aromatic carbocycles. The zero-order chi connectivity index (χ0) is 10.4. The van der Waals surface area contributed by atoms with Crippen molar-refractivity contribution in [2.45, 2.75) is 19.5 Å². The third-order valence-corrected chi connectivity index (χ3v) is 0.436. The first-order valence-corrected chi connectivity index (χ1v) is 4.32. The predicted molar refractivity (Wildman–Crippen MR) is 34.9 cm³/mol. The van der Waals surface area contributed by atoms with Crippen LogP contribution in [-0.4, -0.2) is 20.9 Å². The predicted octanol–water partition coefficient (Wildman–Crippen LogP) is -1.76. The average molecular weight is 216 g/mol. The van der Waals surface area contributed by atoms with Gasteiger partial charge in [0.2, 0.25) is 0 Å². The number of phosphoric acid groups is 1. The van der Waals surface area contributed by atoms with Gasteiger partial charge in [0.15, 0.2) is 0 Å². The molecule has 0 amide bonds. The molecule has 0 aliphatic carbocycles. The van der Waals surface area contributed by atoms with E-state index in [2.05, 4.69) is 0 Å². The van der Waals surface area contributed by atoms with Gasteiger partial charge in [0, 0.05) is 0 Å². The largest absolute Gasteiger partial charge is 1.00 e. The van der Waals surface area contributed by atoms with Crippen LogP contribution in [0.25, 0.3) is 0 Å². The molecular weight excluding hydrogens is 207 g/mol. The maximum absolute atomic E-state index is 11.0. The van der Waals surface area contributed by atoms with Gasteiger partial charge in [-0.3, -0.25) is 0 Å². The zero-order valence-corrected chi connectivity index (χ0v) is 8.01. The molecular formula is C4H9F3LiO4P. The Balaban J connectivity index is -0.000000150. The van der Waals surface area contributed by atoms with E-state index in [1.165, 1.54) is 6.92 Å². The van der Waals surface area contributed by atoms with Gasteiger partial charge in [-0.05, 0) is 0 Å². The smallest absolute Gasteiger partial charge is 0.303 e. The van der Waals surface area contributed by atoms with Crippen LogP contribution in [0.4, 0.5) is 13.2 Å². The summed E-state index contributed by atoms with van der Waals surface area (Å²) >= 11 is 0. The van der Waals surface area contributed by atoms with E-state index in [4.69, 9.17) is 19.2 Å². The molecule has 0 aromatic heterocycles. The summed E-state index contributed by atoms with van der Waals surface area (Å²) in [5.41, 5.74) is 0. The number of hydrogen-bond donors (Lipinski definition) is 3. The molecule has 0 radical (unpaired) electrons. The fourth-order valence-corrected chi connectivity index (χ4v) is 0.231. The quantitative estimate of drug-likeness (QED) is 0.275. The van der Waals surface area contributed by atoms with Crippen LogP contribution in [0, 0.1) is 6.42 Å². The third kappa shape index (κ3) is 68.1. The van der Waals surface area contributed by atoms with Crippen molar-refractivity contribution in [1.82, 2.24) is 0 Å². The van der Waals surface area contributed by atoms with E-state index in [9.17, 15) is 13.2 Å². The van der Waals surface area contributed by atoms with Gasteiger partial charge < -0.3 is 14.7 Å². The van der Waals surface area contributed by atoms with Crippen molar-refractivity contribution >= 4 is 7.82 Å². The van der Waals surface area contributed by atoms with Gasteiger partial charge in [0.25, 0.3) is 6.18 Å². The summed E-state index contributed by atoms with van der Waals surface area (Å²) in [6, 6.07) is 0. The zero-order valence-electron chi connectivity index (χ0n) is 7.12. The monoisotopic (exact) mass is 216 g/mol. The molecule has 0 aliphatic rings. The molecule has 0 rings (SSSR count). The Labute approximate surface area is 85.6 Å². The summed E-state index contributed by atoms with van der Waals surface area (Å²) in [5.74, 6) is 0. The summed E-state index contributed by atoms with van der Waals surface area (Å²) in [7, 11) is -4.64. The summed E-state index contributed by atoms with van der Waals surface area (Å²) in [6.45, 7) is 1.45. The SMILES string of the molecule is CC[CH-]C(F)(F)F.O=P(O)(O)O.[Li+]. The van der Waals surface area contributed by atoms with E-state index >= 15 is 0 Å². The molecule has 0 atom stereocenters. The second-order valence-electron chi connectivity index (χ2n) is 1.67. The Hall–Kier alpha value is 0.497. The molecule has 0 unspecified atom stereocenters. The topological polar surface area (TPSA) is 77.8 Å². The van der Waals surface area contributed by atoms with Crippen LogP contribution < -0.4 is 18.9 Å². The second kappa shape index (κ2) is 7.86. The van der Waals surface area contributed by atoms with Crippen molar-refractivity contribution < 1.29 is 51.3 Å². The van der Waals surface area contributed by atoms with Crippen molar-refractivity contribution in [2.75, 3.05) is 0 Å². The number of hydrogen-bond acceptors (Lipinski definition) is 1. The summed E-state index contributed by atoms with van der Waals surface area (Å²) < 4.78 is 41.9. The fourth-order valence-electron chi connectivity index (χ4n) is 0.231. The first kappa shape index (κ1) is 19.1. The van der Waals surface area contributed by atoms with Crippen LogP contribution in [0.1, 0.15) is 13.3 Å². The van der Waals surface area contributed by atoms with E-state index in [-0.39, 0.29) is 25.3 Å². The molecule has 3 N–H and O–H groups in total. The Kier molecular flexibility index (Phi) is 11.6. The molecule has 0 aromatic rings.